The maximum atomic E-state index is 12.9. The van der Waals surface area contributed by atoms with Gasteiger partial charge in [-0.1, -0.05) is 19.9 Å². The number of amides is 1. The maximum absolute atomic E-state index is 12.9. The summed E-state index contributed by atoms with van der Waals surface area (Å²) in [5, 5.41) is 12.4. The Bertz CT molecular complexity index is 867. The van der Waals surface area contributed by atoms with E-state index in [1.54, 1.807) is 24.3 Å². The topological polar surface area (TPSA) is 100 Å². The van der Waals surface area contributed by atoms with Gasteiger partial charge in [0.2, 0.25) is 11.8 Å². The first-order valence-electron chi connectivity index (χ1n) is 11.3. The van der Waals surface area contributed by atoms with E-state index in [0.29, 0.717) is 24.1 Å². The normalized spacial score (nSPS) is 14.2. The van der Waals surface area contributed by atoms with E-state index in [1.165, 1.54) is 6.07 Å². The highest BCUT2D eigenvalue weighted by atomic mass is 16.5. The van der Waals surface area contributed by atoms with Crippen molar-refractivity contribution < 1.29 is 19.4 Å². The number of aromatic hydroxyl groups is 1. The third-order valence-corrected chi connectivity index (χ3v) is 5.06. The minimum Gasteiger partial charge on any atom is -0.508 e. The first-order valence-corrected chi connectivity index (χ1v) is 11.3. The molecule has 32 heavy (non-hydrogen) atoms. The monoisotopic (exact) mass is 443 g/mol. The fraction of sp³-hybridized carbons (Fsp3) is 0.522. The lowest BCUT2D eigenvalue weighted by molar-refractivity contribution is 0.0320. The zero-order valence-electron chi connectivity index (χ0n) is 18.9. The van der Waals surface area contributed by atoms with Crippen LogP contribution in [-0.4, -0.2) is 78.4 Å². The van der Waals surface area contributed by atoms with Crippen molar-refractivity contribution in [2.24, 2.45) is 0 Å². The van der Waals surface area contributed by atoms with Gasteiger partial charge in [-0.2, -0.15) is 4.98 Å². The Kier molecular flexibility index (Phi) is 9.06. The molecule has 1 saturated heterocycles. The molecule has 0 radical (unpaired) electrons. The first kappa shape index (κ1) is 23.7. The van der Waals surface area contributed by atoms with Crippen LogP contribution >= 0.6 is 0 Å². The van der Waals surface area contributed by atoms with Crippen molar-refractivity contribution in [1.82, 2.24) is 14.9 Å². The minimum atomic E-state index is -0.384. The van der Waals surface area contributed by atoms with Gasteiger partial charge in [-0.05, 0) is 25.0 Å². The summed E-state index contributed by atoms with van der Waals surface area (Å²) in [7, 11) is 0. The number of ether oxygens (including phenoxy) is 2. The van der Waals surface area contributed by atoms with E-state index in [1.807, 2.05) is 0 Å². The van der Waals surface area contributed by atoms with Crippen LogP contribution in [0, 0.1) is 0 Å². The molecular weight excluding hydrogens is 410 g/mol. The number of hydrogen-bond acceptors (Lipinski definition) is 8. The van der Waals surface area contributed by atoms with E-state index >= 15 is 0 Å². The van der Waals surface area contributed by atoms with Crippen LogP contribution in [0.1, 0.15) is 37.2 Å². The summed E-state index contributed by atoms with van der Waals surface area (Å²) in [6.07, 6.45) is 1.88. The highest BCUT2D eigenvalue weighted by Crippen LogP contribution is 2.20. The zero-order chi connectivity index (χ0) is 22.8. The van der Waals surface area contributed by atoms with Crippen molar-refractivity contribution in [2.75, 3.05) is 62.8 Å². The quantitative estimate of drug-likeness (QED) is 0.547. The number of rotatable bonds is 11. The average molecular weight is 444 g/mol. The largest absolute Gasteiger partial charge is 0.508 e. The third-order valence-electron chi connectivity index (χ3n) is 5.06. The molecule has 9 nitrogen and oxygen atoms in total. The molecule has 0 atom stereocenters. The van der Waals surface area contributed by atoms with Crippen LogP contribution in [0.5, 0.6) is 11.6 Å². The lowest BCUT2D eigenvalue weighted by atomic mass is 10.3. The van der Waals surface area contributed by atoms with Crippen LogP contribution in [0.25, 0.3) is 0 Å². The highest BCUT2D eigenvalue weighted by Gasteiger charge is 2.17. The van der Waals surface area contributed by atoms with Gasteiger partial charge in [0.05, 0.1) is 13.2 Å². The summed E-state index contributed by atoms with van der Waals surface area (Å²) in [6.45, 7) is 10.2. The van der Waals surface area contributed by atoms with Gasteiger partial charge >= 0.3 is 0 Å². The van der Waals surface area contributed by atoms with E-state index in [0.717, 1.165) is 58.8 Å². The summed E-state index contributed by atoms with van der Waals surface area (Å²) in [5.41, 5.74) is 0.709. The second-order valence-corrected chi connectivity index (χ2v) is 7.69. The van der Waals surface area contributed by atoms with Crippen molar-refractivity contribution in [3.63, 3.8) is 0 Å². The molecule has 1 aliphatic rings. The molecule has 0 saturated carbocycles. The second kappa shape index (κ2) is 12.2. The number of anilines is 2. The maximum Gasteiger partial charge on any atom is 0.274 e. The van der Waals surface area contributed by atoms with Crippen molar-refractivity contribution in [3.05, 3.63) is 36.0 Å². The van der Waals surface area contributed by atoms with Crippen molar-refractivity contribution >= 4 is 17.5 Å². The number of aromatic nitrogens is 2. The zero-order valence-corrected chi connectivity index (χ0v) is 18.9. The Hall–Kier alpha value is -2.91. The molecule has 174 valence electrons. The lowest BCUT2D eigenvalue weighted by Gasteiger charge is -2.26. The molecule has 9 heteroatoms. The molecule has 1 aliphatic heterocycles. The molecule has 0 aliphatic carbocycles. The molecule has 1 amide bonds. The SMILES string of the molecule is CCCN(CCC)c1nc(OCCN2CCOCC2)cc(C(=O)Nc2cccc(O)c2)n1. The van der Waals surface area contributed by atoms with Crippen molar-refractivity contribution in [3.8, 4) is 11.6 Å². The molecule has 1 aromatic heterocycles. The van der Waals surface area contributed by atoms with Crippen LogP contribution in [0.2, 0.25) is 0 Å². The Balaban J connectivity index is 1.77. The first-order chi connectivity index (χ1) is 15.6. The van der Waals surface area contributed by atoms with Crippen LogP contribution in [0.4, 0.5) is 11.6 Å². The van der Waals surface area contributed by atoms with Crippen LogP contribution in [0.3, 0.4) is 0 Å². The predicted octanol–water partition coefficient (Wildman–Crippen LogP) is 2.77. The second-order valence-electron chi connectivity index (χ2n) is 7.69. The van der Waals surface area contributed by atoms with Gasteiger partial charge in [0, 0.05) is 50.5 Å². The Labute approximate surface area is 189 Å². The van der Waals surface area contributed by atoms with Gasteiger partial charge in [-0.25, -0.2) is 4.98 Å². The molecular formula is C23H33N5O4. The molecule has 1 fully saturated rings. The average Bonchev–Trinajstić information content (AvgIpc) is 2.79. The molecule has 3 rings (SSSR count). The van der Waals surface area contributed by atoms with Crippen LogP contribution in [0.15, 0.2) is 30.3 Å². The molecule has 0 unspecified atom stereocenters. The van der Waals surface area contributed by atoms with E-state index in [4.69, 9.17) is 9.47 Å². The number of hydrogen-bond donors (Lipinski definition) is 2. The number of carbonyl (C=O) groups is 1. The fourth-order valence-corrected chi connectivity index (χ4v) is 3.48. The minimum absolute atomic E-state index is 0.0791. The Morgan fingerprint density at radius 1 is 1.19 bits per heavy atom. The summed E-state index contributed by atoms with van der Waals surface area (Å²) < 4.78 is 11.3. The lowest BCUT2D eigenvalue weighted by Crippen LogP contribution is -2.38. The number of benzene rings is 1. The van der Waals surface area contributed by atoms with E-state index in [2.05, 4.69) is 38.9 Å². The Morgan fingerprint density at radius 3 is 2.62 bits per heavy atom. The summed E-state index contributed by atoms with van der Waals surface area (Å²) in [4.78, 5) is 26.4. The molecule has 2 aromatic rings. The molecule has 2 heterocycles. The molecule has 2 N–H and O–H groups in total. The number of phenolic OH excluding ortho intramolecular Hbond substituents is 1. The van der Waals surface area contributed by atoms with Gasteiger partial charge in [0.25, 0.3) is 5.91 Å². The Morgan fingerprint density at radius 2 is 1.94 bits per heavy atom. The predicted molar refractivity (Wildman–Crippen MR) is 124 cm³/mol. The van der Waals surface area contributed by atoms with Gasteiger partial charge in [-0.15, -0.1) is 0 Å². The molecule has 0 bridgehead atoms. The smallest absolute Gasteiger partial charge is 0.274 e. The fourth-order valence-electron chi connectivity index (χ4n) is 3.48. The van der Waals surface area contributed by atoms with Gasteiger partial charge in [-0.3, -0.25) is 9.69 Å². The molecule has 0 spiro atoms. The number of morpholine rings is 1. The molecule has 1 aromatic carbocycles. The third kappa shape index (κ3) is 7.06. The summed E-state index contributed by atoms with van der Waals surface area (Å²) in [6, 6.07) is 7.98. The van der Waals surface area contributed by atoms with E-state index in [-0.39, 0.29) is 17.4 Å². The van der Waals surface area contributed by atoms with Gasteiger partial charge < -0.3 is 24.8 Å². The van der Waals surface area contributed by atoms with Crippen molar-refractivity contribution in [1.29, 1.82) is 0 Å². The van der Waals surface area contributed by atoms with Crippen molar-refractivity contribution in [2.45, 2.75) is 26.7 Å². The summed E-state index contributed by atoms with van der Waals surface area (Å²) >= 11 is 0. The van der Waals surface area contributed by atoms with E-state index in [9.17, 15) is 9.90 Å². The van der Waals surface area contributed by atoms with Crippen LogP contribution < -0.4 is 15.0 Å². The van der Waals surface area contributed by atoms with Crippen LogP contribution in [-0.2, 0) is 4.74 Å². The summed E-state index contributed by atoms with van der Waals surface area (Å²) in [5.74, 6) is 0.556. The number of phenols is 1. The highest BCUT2D eigenvalue weighted by molar-refractivity contribution is 6.03. The van der Waals surface area contributed by atoms with Gasteiger partial charge in [0.15, 0.2) is 0 Å². The number of carbonyl (C=O) groups excluding carboxylic acids is 1. The number of nitrogens with one attached hydrogen (secondary N) is 1. The standard InChI is InChI=1S/C23H33N5O4/c1-3-8-28(9-4-2)23-25-20(22(30)24-18-6-5-7-19(29)16-18)17-21(26-23)32-15-12-27-10-13-31-14-11-27/h5-7,16-17,29H,3-4,8-15H2,1-2H3,(H,24,30). The van der Waals surface area contributed by atoms with Gasteiger partial charge in [0.1, 0.15) is 18.1 Å². The van der Waals surface area contributed by atoms with E-state index < -0.39 is 0 Å². The number of nitrogens with zero attached hydrogens (tertiary/aromatic N) is 4.